The Balaban J connectivity index is 2.20. The summed E-state index contributed by atoms with van der Waals surface area (Å²) in [5.74, 6) is 0.341. The van der Waals surface area contributed by atoms with Crippen molar-refractivity contribution in [2.45, 2.75) is 38.5 Å². The van der Waals surface area contributed by atoms with Crippen LogP contribution in [0.25, 0.3) is 0 Å². The van der Waals surface area contributed by atoms with Gasteiger partial charge in [-0.3, -0.25) is 4.72 Å². The Morgan fingerprint density at radius 3 is 2.20 bits per heavy atom. The summed E-state index contributed by atoms with van der Waals surface area (Å²) in [6.45, 7) is 6.85. The molecule has 0 unspecified atom stereocenters. The summed E-state index contributed by atoms with van der Waals surface area (Å²) >= 11 is 0. The zero-order valence-electron chi connectivity index (χ0n) is 15.2. The molecule has 2 aromatic rings. The fourth-order valence-electron chi connectivity index (χ4n) is 2.41. The Hall–Kier alpha value is -2.21. The molecule has 0 radical (unpaired) electrons. The molecule has 0 saturated carbocycles. The van der Waals surface area contributed by atoms with Crippen LogP contribution in [-0.4, -0.2) is 22.1 Å². The zero-order chi connectivity index (χ0) is 18.4. The molecule has 6 heteroatoms. The lowest BCUT2D eigenvalue weighted by Gasteiger charge is -2.14. The molecule has 2 rings (SSSR count). The second kappa shape index (κ2) is 8.25. The third-order valence-electron chi connectivity index (χ3n) is 4.07. The van der Waals surface area contributed by atoms with Gasteiger partial charge in [0.2, 0.25) is 0 Å². The molecular formula is C19H26N2O3S. The first kappa shape index (κ1) is 19.1. The quantitative estimate of drug-likeness (QED) is 0.686. The molecule has 0 bridgehead atoms. The fourth-order valence-corrected chi connectivity index (χ4v) is 3.70. The molecule has 2 aromatic carbocycles. The first-order valence-electron chi connectivity index (χ1n) is 8.39. The van der Waals surface area contributed by atoms with Crippen LogP contribution in [0.1, 0.15) is 30.9 Å². The van der Waals surface area contributed by atoms with Crippen LogP contribution < -0.4 is 14.8 Å². The van der Waals surface area contributed by atoms with Crippen molar-refractivity contribution in [2.75, 3.05) is 23.7 Å². The zero-order valence-corrected chi connectivity index (χ0v) is 16.0. The first-order valence-corrected chi connectivity index (χ1v) is 9.87. The van der Waals surface area contributed by atoms with Crippen LogP contribution in [0.5, 0.6) is 5.75 Å². The number of benzene rings is 2. The number of hydrogen-bond donors (Lipinski definition) is 2. The second-order valence-corrected chi connectivity index (χ2v) is 7.70. The van der Waals surface area contributed by atoms with Crippen LogP contribution in [0.15, 0.2) is 41.3 Å². The molecule has 0 aliphatic heterocycles. The number of rotatable bonds is 8. The number of nitrogens with one attached hydrogen (secondary N) is 2. The number of sulfonamides is 1. The van der Waals surface area contributed by atoms with Crippen molar-refractivity contribution in [1.29, 1.82) is 0 Å². The fraction of sp³-hybridized carbons (Fsp3) is 0.368. The third-order valence-corrected chi connectivity index (χ3v) is 5.47. The molecule has 0 saturated heterocycles. The Labute approximate surface area is 150 Å². The number of ether oxygens (including phenoxy) is 1. The van der Waals surface area contributed by atoms with Gasteiger partial charge in [-0.15, -0.1) is 0 Å². The third kappa shape index (κ3) is 4.89. The summed E-state index contributed by atoms with van der Waals surface area (Å²) < 4.78 is 33.3. The van der Waals surface area contributed by atoms with E-state index in [4.69, 9.17) is 4.74 Å². The molecule has 2 N–H and O–H groups in total. The van der Waals surface area contributed by atoms with E-state index in [1.165, 1.54) is 7.11 Å². The highest BCUT2D eigenvalue weighted by Gasteiger charge is 2.20. The van der Waals surface area contributed by atoms with Crippen molar-refractivity contribution >= 4 is 21.4 Å². The highest BCUT2D eigenvalue weighted by molar-refractivity contribution is 7.92. The monoisotopic (exact) mass is 362 g/mol. The van der Waals surface area contributed by atoms with Crippen molar-refractivity contribution in [3.05, 3.63) is 47.5 Å². The van der Waals surface area contributed by atoms with Gasteiger partial charge in [-0.2, -0.15) is 0 Å². The number of aryl methyl sites for hydroxylation is 2. The summed E-state index contributed by atoms with van der Waals surface area (Å²) in [6.07, 6.45) is 2.23. The van der Waals surface area contributed by atoms with E-state index in [0.717, 1.165) is 36.2 Å². The molecule has 5 nitrogen and oxygen atoms in total. The van der Waals surface area contributed by atoms with Gasteiger partial charge in [0, 0.05) is 17.9 Å². The second-order valence-electron chi connectivity index (χ2n) is 6.05. The van der Waals surface area contributed by atoms with Gasteiger partial charge >= 0.3 is 0 Å². The molecule has 0 aliphatic rings. The molecule has 0 atom stereocenters. The van der Waals surface area contributed by atoms with Crippen molar-refractivity contribution in [3.8, 4) is 5.75 Å². The van der Waals surface area contributed by atoms with Crippen LogP contribution in [-0.2, 0) is 10.0 Å². The minimum atomic E-state index is -3.72. The van der Waals surface area contributed by atoms with Gasteiger partial charge in [-0.25, -0.2) is 8.42 Å². The Morgan fingerprint density at radius 1 is 1.00 bits per heavy atom. The van der Waals surface area contributed by atoms with Gasteiger partial charge < -0.3 is 10.1 Å². The lowest BCUT2D eigenvalue weighted by Crippen LogP contribution is -2.14. The average molecular weight is 362 g/mol. The maximum atomic E-state index is 12.7. The maximum Gasteiger partial charge on any atom is 0.265 e. The molecular weight excluding hydrogens is 336 g/mol. The number of unbranched alkanes of at least 4 members (excludes halogenated alkanes) is 1. The van der Waals surface area contributed by atoms with Gasteiger partial charge in [0.05, 0.1) is 7.11 Å². The lowest BCUT2D eigenvalue weighted by atomic mass is 10.1. The molecule has 0 fully saturated rings. The highest BCUT2D eigenvalue weighted by atomic mass is 32.2. The number of methoxy groups -OCH3 is 1. The standard InChI is InChI=1S/C19H26N2O3S/c1-5-6-11-20-16-7-9-17(10-8-16)21-25(22,23)19-13-15(3)14(2)12-18(19)24-4/h7-10,12-13,20-21H,5-6,11H2,1-4H3. The van der Waals surface area contributed by atoms with E-state index in [9.17, 15) is 8.42 Å². The van der Waals surface area contributed by atoms with E-state index in [1.54, 1.807) is 24.3 Å². The van der Waals surface area contributed by atoms with Crippen LogP contribution in [0.2, 0.25) is 0 Å². The highest BCUT2D eigenvalue weighted by Crippen LogP contribution is 2.29. The smallest absolute Gasteiger partial charge is 0.265 e. The van der Waals surface area contributed by atoms with Crippen molar-refractivity contribution in [2.24, 2.45) is 0 Å². The predicted octanol–water partition coefficient (Wildman–Crippen LogP) is 4.32. The molecule has 25 heavy (non-hydrogen) atoms. The van der Waals surface area contributed by atoms with Gasteiger partial charge in [0.25, 0.3) is 10.0 Å². The predicted molar refractivity (Wildman–Crippen MR) is 103 cm³/mol. The van der Waals surface area contributed by atoms with Gasteiger partial charge in [-0.1, -0.05) is 13.3 Å². The molecule has 0 aromatic heterocycles. The lowest BCUT2D eigenvalue weighted by molar-refractivity contribution is 0.402. The van der Waals surface area contributed by atoms with E-state index in [2.05, 4.69) is 17.0 Å². The largest absolute Gasteiger partial charge is 0.495 e. The SMILES string of the molecule is CCCCNc1ccc(NS(=O)(=O)c2cc(C)c(C)cc2OC)cc1. The average Bonchev–Trinajstić information content (AvgIpc) is 2.58. The van der Waals surface area contributed by atoms with E-state index >= 15 is 0 Å². The van der Waals surface area contributed by atoms with Crippen molar-refractivity contribution < 1.29 is 13.2 Å². The summed E-state index contributed by atoms with van der Waals surface area (Å²) in [7, 11) is -2.25. The van der Waals surface area contributed by atoms with Gasteiger partial charge in [0.15, 0.2) is 0 Å². The molecule has 0 aliphatic carbocycles. The topological polar surface area (TPSA) is 67.4 Å². The van der Waals surface area contributed by atoms with E-state index in [0.29, 0.717) is 11.4 Å². The first-order chi connectivity index (χ1) is 11.9. The van der Waals surface area contributed by atoms with Crippen LogP contribution in [0, 0.1) is 13.8 Å². The molecule has 0 spiro atoms. The van der Waals surface area contributed by atoms with Crippen LogP contribution >= 0.6 is 0 Å². The molecule has 0 heterocycles. The summed E-state index contributed by atoms with van der Waals surface area (Å²) in [5, 5.41) is 3.30. The Bertz CT molecular complexity index is 815. The van der Waals surface area contributed by atoms with Crippen LogP contribution in [0.3, 0.4) is 0 Å². The van der Waals surface area contributed by atoms with E-state index < -0.39 is 10.0 Å². The van der Waals surface area contributed by atoms with Crippen molar-refractivity contribution in [1.82, 2.24) is 0 Å². The maximum absolute atomic E-state index is 12.7. The summed E-state index contributed by atoms with van der Waals surface area (Å²) in [4.78, 5) is 0.142. The minimum Gasteiger partial charge on any atom is -0.495 e. The van der Waals surface area contributed by atoms with E-state index in [-0.39, 0.29) is 4.90 Å². The molecule has 0 amide bonds. The van der Waals surface area contributed by atoms with Crippen LogP contribution in [0.4, 0.5) is 11.4 Å². The number of anilines is 2. The van der Waals surface area contributed by atoms with E-state index in [1.807, 2.05) is 26.0 Å². The summed E-state index contributed by atoms with van der Waals surface area (Å²) in [5.41, 5.74) is 3.37. The van der Waals surface area contributed by atoms with Crippen molar-refractivity contribution in [3.63, 3.8) is 0 Å². The Kier molecular flexibility index (Phi) is 6.31. The van der Waals surface area contributed by atoms with Gasteiger partial charge in [-0.05, 0) is 67.8 Å². The molecule has 136 valence electrons. The Morgan fingerprint density at radius 2 is 1.60 bits per heavy atom. The number of hydrogen-bond acceptors (Lipinski definition) is 4. The minimum absolute atomic E-state index is 0.142. The summed E-state index contributed by atoms with van der Waals surface area (Å²) in [6, 6.07) is 10.6. The normalized spacial score (nSPS) is 11.2. The van der Waals surface area contributed by atoms with Gasteiger partial charge in [0.1, 0.15) is 10.6 Å².